The van der Waals surface area contributed by atoms with Crippen LogP contribution in [0.5, 0.6) is 0 Å². The van der Waals surface area contributed by atoms with E-state index < -0.39 is 0 Å². The molecule has 0 atom stereocenters. The molecule has 66 valence electrons. The second-order valence-electron chi connectivity index (χ2n) is 2.45. The molecule has 13 heavy (non-hydrogen) atoms. The summed E-state index contributed by atoms with van der Waals surface area (Å²) < 4.78 is 0.772. The molecule has 0 aliphatic carbocycles. The molecule has 0 aliphatic rings. The van der Waals surface area contributed by atoms with E-state index in [1.165, 1.54) is 6.92 Å². The van der Waals surface area contributed by atoms with E-state index in [1.54, 1.807) is 12.1 Å². The van der Waals surface area contributed by atoms with Gasteiger partial charge in [0.15, 0.2) is 5.78 Å². The van der Waals surface area contributed by atoms with Gasteiger partial charge < -0.3 is 0 Å². The van der Waals surface area contributed by atoms with Crippen LogP contribution in [-0.4, -0.2) is 5.78 Å². The Bertz CT molecular complexity index is 409. The summed E-state index contributed by atoms with van der Waals surface area (Å²) in [7, 11) is 0. The van der Waals surface area contributed by atoms with Crippen molar-refractivity contribution in [2.45, 2.75) is 6.92 Å². The molecule has 0 N–H and O–H groups in total. The Morgan fingerprint density at radius 1 is 1.62 bits per heavy atom. The van der Waals surface area contributed by atoms with E-state index in [2.05, 4.69) is 0 Å². The van der Waals surface area contributed by atoms with Crippen LogP contribution in [0.25, 0.3) is 0 Å². The summed E-state index contributed by atoms with van der Waals surface area (Å²) in [5.74, 6) is -0.119. The van der Waals surface area contributed by atoms with Gasteiger partial charge in [0.05, 0.1) is 16.1 Å². The molecule has 0 unspecified atom stereocenters. The zero-order chi connectivity index (χ0) is 10.0. The van der Waals surface area contributed by atoms with Gasteiger partial charge in [-0.05, 0) is 41.6 Å². The van der Waals surface area contributed by atoms with Crippen molar-refractivity contribution in [1.29, 1.82) is 5.26 Å². The molecule has 1 aromatic rings. The fraction of sp³-hybridized carbons (Fsp3) is 0.111. The second-order valence-corrected chi connectivity index (χ2v) is 3.99. The summed E-state index contributed by atoms with van der Waals surface area (Å²) in [4.78, 5) is 11.2. The van der Waals surface area contributed by atoms with Crippen LogP contribution < -0.4 is 0 Å². The van der Waals surface area contributed by atoms with Crippen LogP contribution in [0, 0.1) is 14.9 Å². The van der Waals surface area contributed by atoms with E-state index in [4.69, 9.17) is 16.9 Å². The highest BCUT2D eigenvalue weighted by molar-refractivity contribution is 14.1. The monoisotopic (exact) mass is 305 g/mol. The van der Waals surface area contributed by atoms with Gasteiger partial charge >= 0.3 is 0 Å². The average molecular weight is 306 g/mol. The lowest BCUT2D eigenvalue weighted by Crippen LogP contribution is -1.98. The smallest absolute Gasteiger partial charge is 0.162 e. The highest BCUT2D eigenvalue weighted by atomic mass is 127. The molecular weight excluding hydrogens is 300 g/mol. The summed E-state index contributed by atoms with van der Waals surface area (Å²) >= 11 is 7.88. The predicted octanol–water partition coefficient (Wildman–Crippen LogP) is 3.02. The minimum Gasteiger partial charge on any atom is -0.294 e. The number of halogens is 2. The highest BCUT2D eigenvalue weighted by Gasteiger charge is 2.13. The SMILES string of the molecule is CC(=O)c1c(I)ccc(C#N)c1Cl. The molecule has 0 radical (unpaired) electrons. The molecule has 0 saturated heterocycles. The van der Waals surface area contributed by atoms with Gasteiger partial charge in [-0.1, -0.05) is 11.6 Å². The van der Waals surface area contributed by atoms with Gasteiger partial charge in [0.2, 0.25) is 0 Å². The van der Waals surface area contributed by atoms with Crippen LogP contribution in [-0.2, 0) is 0 Å². The van der Waals surface area contributed by atoms with Crippen LogP contribution in [0.3, 0.4) is 0 Å². The fourth-order valence-corrected chi connectivity index (χ4v) is 2.29. The summed E-state index contributed by atoms with van der Waals surface area (Å²) in [5, 5.41) is 8.92. The maximum atomic E-state index is 11.2. The first-order valence-corrected chi connectivity index (χ1v) is 4.92. The zero-order valence-electron chi connectivity index (χ0n) is 6.77. The number of ketones is 1. The van der Waals surface area contributed by atoms with Gasteiger partial charge in [-0.25, -0.2) is 0 Å². The topological polar surface area (TPSA) is 40.9 Å². The van der Waals surface area contributed by atoms with Crippen molar-refractivity contribution < 1.29 is 4.79 Å². The molecular formula is C9H5ClINO. The van der Waals surface area contributed by atoms with Gasteiger partial charge in [-0.3, -0.25) is 4.79 Å². The summed E-state index contributed by atoms with van der Waals surface area (Å²) in [5.41, 5.74) is 0.772. The van der Waals surface area contributed by atoms with Gasteiger partial charge in [0.25, 0.3) is 0 Å². The lowest BCUT2D eigenvalue weighted by atomic mass is 10.1. The molecule has 0 heterocycles. The first-order valence-electron chi connectivity index (χ1n) is 3.47. The van der Waals surface area contributed by atoms with Crippen molar-refractivity contribution in [2.24, 2.45) is 0 Å². The molecule has 0 saturated carbocycles. The van der Waals surface area contributed by atoms with E-state index >= 15 is 0 Å². The number of carbonyl (C=O) groups excluding carboxylic acids is 1. The molecule has 0 spiro atoms. The third kappa shape index (κ3) is 2.01. The van der Waals surface area contributed by atoms with Gasteiger partial charge in [0.1, 0.15) is 6.07 Å². The number of carbonyl (C=O) groups is 1. The first kappa shape index (κ1) is 10.5. The van der Waals surface area contributed by atoms with Crippen molar-refractivity contribution in [1.82, 2.24) is 0 Å². The number of rotatable bonds is 1. The van der Waals surface area contributed by atoms with E-state index in [0.717, 1.165) is 3.57 Å². The third-order valence-corrected chi connectivity index (χ3v) is 2.86. The maximum Gasteiger partial charge on any atom is 0.162 e. The molecule has 4 heteroatoms. The average Bonchev–Trinajstić information content (AvgIpc) is 2.04. The molecule has 0 bridgehead atoms. The fourth-order valence-electron chi connectivity index (χ4n) is 0.962. The predicted molar refractivity (Wildman–Crippen MR) is 58.9 cm³/mol. The Morgan fingerprint density at radius 2 is 2.23 bits per heavy atom. The van der Waals surface area contributed by atoms with E-state index in [1.807, 2.05) is 28.7 Å². The van der Waals surface area contributed by atoms with Crippen LogP contribution in [0.4, 0.5) is 0 Å². The Balaban J connectivity index is 3.50. The summed E-state index contributed by atoms with van der Waals surface area (Å²) in [6.07, 6.45) is 0. The normalized spacial score (nSPS) is 9.38. The molecule has 1 aromatic carbocycles. The summed E-state index contributed by atoms with van der Waals surface area (Å²) in [6.45, 7) is 1.44. The number of hydrogen-bond acceptors (Lipinski definition) is 2. The Morgan fingerprint density at radius 3 is 2.69 bits per heavy atom. The lowest BCUT2D eigenvalue weighted by molar-refractivity contribution is 0.101. The van der Waals surface area contributed by atoms with E-state index in [9.17, 15) is 4.79 Å². The van der Waals surface area contributed by atoms with Crippen LogP contribution in [0.2, 0.25) is 5.02 Å². The van der Waals surface area contributed by atoms with Crippen LogP contribution in [0.1, 0.15) is 22.8 Å². The molecule has 0 aromatic heterocycles. The quantitative estimate of drug-likeness (QED) is 0.591. The standard InChI is InChI=1S/C9H5ClINO/c1-5(13)8-7(11)3-2-6(4-12)9(8)10/h2-3H,1H3. The molecule has 2 nitrogen and oxygen atoms in total. The molecule has 1 rings (SSSR count). The number of nitrogens with zero attached hydrogens (tertiary/aromatic N) is 1. The third-order valence-electron chi connectivity index (χ3n) is 1.56. The number of nitriles is 1. The highest BCUT2D eigenvalue weighted by Crippen LogP contribution is 2.25. The van der Waals surface area contributed by atoms with Crippen molar-refractivity contribution in [2.75, 3.05) is 0 Å². The maximum absolute atomic E-state index is 11.2. The minimum absolute atomic E-state index is 0.119. The van der Waals surface area contributed by atoms with Crippen LogP contribution >= 0.6 is 34.2 Å². The molecule has 0 fully saturated rings. The molecule has 0 amide bonds. The van der Waals surface area contributed by atoms with Gasteiger partial charge in [-0.2, -0.15) is 5.26 Å². The summed E-state index contributed by atoms with van der Waals surface area (Å²) in [6, 6.07) is 5.25. The Hall–Kier alpha value is -0.600. The minimum atomic E-state index is -0.119. The van der Waals surface area contributed by atoms with Crippen molar-refractivity contribution in [3.05, 3.63) is 31.9 Å². The zero-order valence-corrected chi connectivity index (χ0v) is 9.68. The van der Waals surface area contributed by atoms with E-state index in [-0.39, 0.29) is 10.8 Å². The lowest BCUT2D eigenvalue weighted by Gasteiger charge is -2.03. The van der Waals surface area contributed by atoms with Crippen molar-refractivity contribution in [3.8, 4) is 6.07 Å². The van der Waals surface area contributed by atoms with Crippen molar-refractivity contribution in [3.63, 3.8) is 0 Å². The van der Waals surface area contributed by atoms with Crippen molar-refractivity contribution >= 4 is 40.0 Å². The molecule has 0 aliphatic heterocycles. The first-order chi connectivity index (χ1) is 6.07. The number of benzene rings is 1. The van der Waals surface area contributed by atoms with Crippen LogP contribution in [0.15, 0.2) is 12.1 Å². The Kier molecular flexibility index (Phi) is 3.28. The number of Topliss-reactive ketones (excluding diaryl/α,β-unsaturated/α-hetero) is 1. The van der Waals surface area contributed by atoms with Gasteiger partial charge in [-0.15, -0.1) is 0 Å². The van der Waals surface area contributed by atoms with Gasteiger partial charge in [0, 0.05) is 3.57 Å². The second kappa shape index (κ2) is 4.07. The number of hydrogen-bond donors (Lipinski definition) is 0. The van der Waals surface area contributed by atoms with E-state index in [0.29, 0.717) is 11.1 Å². The Labute approximate surface area is 94.6 Å². The largest absolute Gasteiger partial charge is 0.294 e.